The Bertz CT molecular complexity index is 1240. The van der Waals surface area contributed by atoms with Crippen molar-refractivity contribution in [3.63, 3.8) is 0 Å². The van der Waals surface area contributed by atoms with E-state index in [2.05, 4.69) is 5.32 Å². The highest BCUT2D eigenvalue weighted by atomic mass is 35.5. The zero-order chi connectivity index (χ0) is 23.6. The number of hydrogen-bond donors (Lipinski definition) is 4. The number of halogens is 1. The molecule has 0 aliphatic carbocycles. The first-order valence-electron chi connectivity index (χ1n) is 10.6. The summed E-state index contributed by atoms with van der Waals surface area (Å²) in [4.78, 5) is 13.2. The number of hydrogen-bond acceptors (Lipinski definition) is 6. The molecular formula is C24H25ClN2O5S. The SMILES string of the molecule is O=C(NCc1ccc(Cl)cc1)c1cn2c3c(cc(CCCO)cc3c1=S)OCC2(CO)CO. The standard InChI is InChI=1S/C24H25ClN2O5S/c25-17-5-3-15(4-6-17)10-26-23(31)19-11-27-21-18(22(19)33)8-16(2-1-7-28)9-20(21)32-14-24(27,12-29)13-30/h3-6,8-9,11,28-30H,1-2,7,10,12-14H2,(H,26,31). The van der Waals surface area contributed by atoms with Gasteiger partial charge in [0, 0.05) is 29.8 Å². The fourth-order valence-corrected chi connectivity index (χ4v) is 4.44. The molecule has 4 N–H and O–H groups in total. The van der Waals surface area contributed by atoms with Crippen molar-refractivity contribution < 1.29 is 24.9 Å². The van der Waals surface area contributed by atoms with Crippen LogP contribution in [0, 0.1) is 4.51 Å². The highest BCUT2D eigenvalue weighted by Gasteiger charge is 2.38. The van der Waals surface area contributed by atoms with E-state index < -0.39 is 5.54 Å². The number of carbonyl (C=O) groups excluding carboxylic acids is 1. The lowest BCUT2D eigenvalue weighted by atomic mass is 9.96. The van der Waals surface area contributed by atoms with Gasteiger partial charge >= 0.3 is 0 Å². The Morgan fingerprint density at radius 2 is 1.88 bits per heavy atom. The third-order valence-electron chi connectivity index (χ3n) is 5.95. The number of aliphatic hydroxyl groups excluding tert-OH is 3. The van der Waals surface area contributed by atoms with E-state index in [9.17, 15) is 20.1 Å². The maximum absolute atomic E-state index is 13.2. The molecule has 1 amide bonds. The second kappa shape index (κ2) is 9.79. The molecule has 0 fully saturated rings. The van der Waals surface area contributed by atoms with Crippen LogP contribution in [0.1, 0.15) is 27.9 Å². The first-order valence-corrected chi connectivity index (χ1v) is 11.4. The monoisotopic (exact) mass is 488 g/mol. The van der Waals surface area contributed by atoms with E-state index in [1.807, 2.05) is 24.3 Å². The van der Waals surface area contributed by atoms with Crippen LogP contribution in [0.4, 0.5) is 0 Å². The lowest BCUT2D eigenvalue weighted by Gasteiger charge is -2.38. The highest BCUT2D eigenvalue weighted by molar-refractivity contribution is 7.71. The normalized spacial score (nSPS) is 14.2. The lowest BCUT2D eigenvalue weighted by molar-refractivity contribution is 0.0182. The molecule has 0 atom stereocenters. The number of amides is 1. The second-order valence-corrected chi connectivity index (χ2v) is 9.04. The number of aliphatic hydroxyl groups is 3. The molecule has 1 aliphatic heterocycles. The van der Waals surface area contributed by atoms with E-state index >= 15 is 0 Å². The van der Waals surface area contributed by atoms with Gasteiger partial charge in [-0.15, -0.1) is 0 Å². The molecule has 3 aromatic rings. The maximum atomic E-state index is 13.2. The summed E-state index contributed by atoms with van der Waals surface area (Å²) in [5, 5.41) is 33.6. The second-order valence-electron chi connectivity index (χ2n) is 8.20. The fraction of sp³-hybridized carbons (Fsp3) is 0.333. The minimum absolute atomic E-state index is 0.0405. The molecule has 33 heavy (non-hydrogen) atoms. The van der Waals surface area contributed by atoms with Crippen LogP contribution in [-0.4, -0.2) is 52.2 Å². The molecule has 0 spiro atoms. The predicted octanol–water partition coefficient (Wildman–Crippen LogP) is 2.95. The van der Waals surface area contributed by atoms with Crippen LogP contribution < -0.4 is 10.1 Å². The largest absolute Gasteiger partial charge is 0.489 e. The quantitative estimate of drug-likeness (QED) is 0.363. The van der Waals surface area contributed by atoms with E-state index in [4.69, 9.17) is 28.6 Å². The lowest BCUT2D eigenvalue weighted by Crippen LogP contribution is -2.49. The number of aromatic nitrogens is 1. The van der Waals surface area contributed by atoms with Crippen LogP contribution in [0.5, 0.6) is 5.75 Å². The molecule has 1 aromatic heterocycles. The van der Waals surface area contributed by atoms with Crippen molar-refractivity contribution in [2.75, 3.05) is 26.4 Å². The van der Waals surface area contributed by atoms with Crippen molar-refractivity contribution in [2.45, 2.75) is 24.9 Å². The summed E-state index contributed by atoms with van der Waals surface area (Å²) in [7, 11) is 0. The van der Waals surface area contributed by atoms with Crippen LogP contribution in [0.15, 0.2) is 42.6 Å². The average molecular weight is 489 g/mol. The summed E-state index contributed by atoms with van der Waals surface area (Å²) in [6.45, 7) is -0.368. The molecule has 0 saturated heterocycles. The van der Waals surface area contributed by atoms with Gasteiger partial charge in [0.15, 0.2) is 0 Å². The Balaban J connectivity index is 1.81. The van der Waals surface area contributed by atoms with Crippen molar-refractivity contribution in [1.82, 2.24) is 9.88 Å². The Morgan fingerprint density at radius 3 is 2.55 bits per heavy atom. The highest BCUT2D eigenvalue weighted by Crippen LogP contribution is 2.38. The van der Waals surface area contributed by atoms with Gasteiger partial charge < -0.3 is 29.9 Å². The minimum atomic E-state index is -1.13. The molecule has 7 nitrogen and oxygen atoms in total. The summed E-state index contributed by atoms with van der Waals surface area (Å²) < 4.78 is 7.99. The molecule has 9 heteroatoms. The van der Waals surface area contributed by atoms with Gasteiger partial charge in [-0.1, -0.05) is 36.0 Å². The Hall–Kier alpha value is -2.49. The van der Waals surface area contributed by atoms with Gasteiger partial charge in [-0.25, -0.2) is 0 Å². The third-order valence-corrected chi connectivity index (χ3v) is 6.65. The van der Waals surface area contributed by atoms with Gasteiger partial charge in [-0.05, 0) is 48.2 Å². The van der Waals surface area contributed by atoms with Crippen LogP contribution >= 0.6 is 23.8 Å². The number of nitrogens with one attached hydrogen (secondary N) is 1. The summed E-state index contributed by atoms with van der Waals surface area (Å²) in [6.07, 6.45) is 2.79. The number of rotatable bonds is 8. The Kier molecular flexibility index (Phi) is 7.02. The molecule has 0 radical (unpaired) electrons. The first kappa shape index (κ1) is 23.7. The van der Waals surface area contributed by atoms with E-state index in [0.717, 1.165) is 11.1 Å². The summed E-state index contributed by atoms with van der Waals surface area (Å²) in [6, 6.07) is 10.9. The summed E-state index contributed by atoms with van der Waals surface area (Å²) in [5.74, 6) is 0.205. The van der Waals surface area contributed by atoms with E-state index in [1.165, 1.54) is 0 Å². The van der Waals surface area contributed by atoms with Crippen LogP contribution in [0.2, 0.25) is 5.02 Å². The van der Waals surface area contributed by atoms with E-state index in [1.54, 1.807) is 22.9 Å². The molecule has 1 aliphatic rings. The van der Waals surface area contributed by atoms with Crippen molar-refractivity contribution in [3.8, 4) is 5.75 Å². The van der Waals surface area contributed by atoms with E-state index in [0.29, 0.717) is 45.6 Å². The van der Waals surface area contributed by atoms with Gasteiger partial charge in [0.05, 0.1) is 28.8 Å². The van der Waals surface area contributed by atoms with Crippen molar-refractivity contribution in [3.05, 3.63) is 68.8 Å². The van der Waals surface area contributed by atoms with E-state index in [-0.39, 0.29) is 37.9 Å². The Morgan fingerprint density at radius 1 is 1.15 bits per heavy atom. The topological polar surface area (TPSA) is 104 Å². The molecular weight excluding hydrogens is 464 g/mol. The van der Waals surface area contributed by atoms with Crippen molar-refractivity contribution in [1.29, 1.82) is 0 Å². The third kappa shape index (κ3) is 4.49. The zero-order valence-corrected chi connectivity index (χ0v) is 19.5. The fourth-order valence-electron chi connectivity index (χ4n) is 4.01. The number of carbonyl (C=O) groups is 1. The number of pyridine rings is 1. The predicted molar refractivity (Wildman–Crippen MR) is 128 cm³/mol. The van der Waals surface area contributed by atoms with Crippen molar-refractivity contribution in [2.24, 2.45) is 0 Å². The van der Waals surface area contributed by atoms with Gasteiger partial charge in [-0.2, -0.15) is 0 Å². The molecule has 0 unspecified atom stereocenters. The molecule has 2 aromatic carbocycles. The van der Waals surface area contributed by atoms with Gasteiger partial charge in [0.2, 0.25) is 0 Å². The molecule has 174 valence electrons. The number of ether oxygens (including phenoxy) is 1. The molecule has 2 heterocycles. The number of nitrogens with zero attached hydrogens (tertiary/aromatic N) is 1. The van der Waals surface area contributed by atoms with Gasteiger partial charge in [-0.3, -0.25) is 4.79 Å². The van der Waals surface area contributed by atoms with Crippen LogP contribution in [0.25, 0.3) is 10.9 Å². The first-order chi connectivity index (χ1) is 15.9. The molecule has 4 rings (SSSR count). The molecule has 0 bridgehead atoms. The average Bonchev–Trinajstić information content (AvgIpc) is 2.84. The Labute approximate surface area is 201 Å². The summed E-state index contributed by atoms with van der Waals surface area (Å²) >= 11 is 11.6. The zero-order valence-electron chi connectivity index (χ0n) is 17.9. The van der Waals surface area contributed by atoms with Gasteiger partial charge in [0.25, 0.3) is 5.91 Å². The summed E-state index contributed by atoms with van der Waals surface area (Å²) in [5.41, 5.74) is 1.56. The van der Waals surface area contributed by atoms with Crippen LogP contribution in [0.3, 0.4) is 0 Å². The molecule has 0 saturated carbocycles. The van der Waals surface area contributed by atoms with Crippen molar-refractivity contribution >= 4 is 40.6 Å². The van der Waals surface area contributed by atoms with Gasteiger partial charge in [0.1, 0.15) is 17.9 Å². The minimum Gasteiger partial charge on any atom is -0.489 e. The maximum Gasteiger partial charge on any atom is 0.254 e. The number of aryl methyl sites for hydroxylation is 1. The smallest absolute Gasteiger partial charge is 0.254 e. The number of benzene rings is 2. The van der Waals surface area contributed by atoms with Crippen LogP contribution in [-0.2, 0) is 18.5 Å².